The highest BCUT2D eigenvalue weighted by atomic mass is 15.3. The molecule has 0 saturated heterocycles. The summed E-state index contributed by atoms with van der Waals surface area (Å²) in [5.41, 5.74) is 3.76. The lowest BCUT2D eigenvalue weighted by Gasteiger charge is -2.31. The lowest BCUT2D eigenvalue weighted by molar-refractivity contribution is 0.585. The quantitative estimate of drug-likeness (QED) is 0.539. The minimum atomic E-state index is 0.463. The van der Waals surface area contributed by atoms with Gasteiger partial charge < -0.3 is 10.3 Å². The topological polar surface area (TPSA) is 67.1 Å². The number of nitrogens with two attached hydrogens (primary N) is 1. The Kier molecular flexibility index (Phi) is 7.43. The highest BCUT2D eigenvalue weighted by Crippen LogP contribution is 2.26. The fraction of sp³-hybridized carbons (Fsp3) is 0.750. The molecule has 0 fully saturated rings. The van der Waals surface area contributed by atoms with Crippen molar-refractivity contribution in [2.45, 2.75) is 72.8 Å². The first-order valence-corrected chi connectivity index (χ1v) is 8.19. The molecule has 0 saturated carbocycles. The first-order valence-electron chi connectivity index (χ1n) is 8.19. The third-order valence-corrected chi connectivity index (χ3v) is 3.92. The fourth-order valence-electron chi connectivity index (χ4n) is 2.39. The van der Waals surface area contributed by atoms with Gasteiger partial charge in [0.15, 0.2) is 0 Å². The third kappa shape index (κ3) is 4.56. The molecule has 5 heteroatoms. The van der Waals surface area contributed by atoms with E-state index in [0.29, 0.717) is 6.04 Å². The van der Waals surface area contributed by atoms with Gasteiger partial charge in [-0.05, 0) is 33.1 Å². The van der Waals surface area contributed by atoms with Crippen LogP contribution in [0.25, 0.3) is 0 Å². The van der Waals surface area contributed by atoms with Crippen LogP contribution in [0.4, 0.5) is 11.6 Å². The molecule has 5 nitrogen and oxygen atoms in total. The molecule has 0 aliphatic rings. The van der Waals surface area contributed by atoms with E-state index < -0.39 is 0 Å². The number of nitrogens with zero attached hydrogens (tertiary/aromatic N) is 3. The fourth-order valence-corrected chi connectivity index (χ4v) is 2.39. The summed E-state index contributed by atoms with van der Waals surface area (Å²) in [6.07, 6.45) is 5.36. The van der Waals surface area contributed by atoms with E-state index in [2.05, 4.69) is 43.0 Å². The van der Waals surface area contributed by atoms with Gasteiger partial charge in [0.1, 0.15) is 17.5 Å². The van der Waals surface area contributed by atoms with Gasteiger partial charge in [-0.25, -0.2) is 15.8 Å². The number of unbranched alkanes of at least 4 members (excludes halogenated alkanes) is 1. The molecule has 120 valence electrons. The Morgan fingerprint density at radius 3 is 2.43 bits per heavy atom. The number of anilines is 2. The van der Waals surface area contributed by atoms with Crippen LogP contribution < -0.4 is 16.2 Å². The molecule has 3 N–H and O–H groups in total. The maximum atomic E-state index is 5.63. The summed E-state index contributed by atoms with van der Waals surface area (Å²) in [6.45, 7) is 11.9. The standard InChI is InChI=1S/C16H31N5/c1-6-9-11-21(12(4)8-3)16-13(5)15(20-17)18-14(19-16)10-7-2/h12H,6-11,17H2,1-5H3,(H,18,19,20). The zero-order chi connectivity index (χ0) is 15.8. The smallest absolute Gasteiger partial charge is 0.148 e. The van der Waals surface area contributed by atoms with Crippen molar-refractivity contribution in [3.05, 3.63) is 11.4 Å². The van der Waals surface area contributed by atoms with E-state index in [0.717, 1.165) is 48.8 Å². The van der Waals surface area contributed by atoms with Crippen molar-refractivity contribution in [2.75, 3.05) is 16.9 Å². The molecule has 0 amide bonds. The SMILES string of the molecule is CCCCN(c1nc(CCC)nc(NN)c1C)C(C)CC. The van der Waals surface area contributed by atoms with Crippen molar-refractivity contribution < 1.29 is 0 Å². The number of aromatic nitrogens is 2. The summed E-state index contributed by atoms with van der Waals surface area (Å²) >= 11 is 0. The Morgan fingerprint density at radius 1 is 1.19 bits per heavy atom. The van der Waals surface area contributed by atoms with Crippen LogP contribution in [-0.4, -0.2) is 22.6 Å². The van der Waals surface area contributed by atoms with E-state index in [1.54, 1.807) is 0 Å². The molecule has 0 aliphatic carbocycles. The van der Waals surface area contributed by atoms with Crippen LogP contribution in [-0.2, 0) is 6.42 Å². The van der Waals surface area contributed by atoms with Gasteiger partial charge in [0.05, 0.1) is 0 Å². The first kappa shape index (κ1) is 17.7. The number of nitrogens with one attached hydrogen (secondary N) is 1. The molecule has 1 unspecified atom stereocenters. The lowest BCUT2D eigenvalue weighted by Crippen LogP contribution is -2.35. The van der Waals surface area contributed by atoms with Crippen molar-refractivity contribution in [1.29, 1.82) is 0 Å². The van der Waals surface area contributed by atoms with Crippen molar-refractivity contribution >= 4 is 11.6 Å². The van der Waals surface area contributed by atoms with Crippen molar-refractivity contribution in [2.24, 2.45) is 5.84 Å². The second-order valence-electron chi connectivity index (χ2n) is 5.64. The minimum absolute atomic E-state index is 0.463. The molecule has 21 heavy (non-hydrogen) atoms. The van der Waals surface area contributed by atoms with Gasteiger partial charge in [-0.3, -0.25) is 0 Å². The molecule has 1 heterocycles. The number of rotatable bonds is 9. The molecular formula is C16H31N5. The van der Waals surface area contributed by atoms with Crippen LogP contribution in [0.5, 0.6) is 0 Å². The molecule has 1 rings (SSSR count). The van der Waals surface area contributed by atoms with E-state index in [1.165, 1.54) is 12.8 Å². The Labute approximate surface area is 129 Å². The summed E-state index contributed by atoms with van der Waals surface area (Å²) in [5.74, 6) is 8.28. The zero-order valence-corrected chi connectivity index (χ0v) is 14.2. The van der Waals surface area contributed by atoms with Crippen molar-refractivity contribution in [1.82, 2.24) is 9.97 Å². The average molecular weight is 293 g/mol. The van der Waals surface area contributed by atoms with Crippen LogP contribution in [0, 0.1) is 6.92 Å². The Bertz CT molecular complexity index is 433. The van der Waals surface area contributed by atoms with Gasteiger partial charge in [-0.1, -0.05) is 27.2 Å². The summed E-state index contributed by atoms with van der Waals surface area (Å²) in [7, 11) is 0. The van der Waals surface area contributed by atoms with E-state index in [1.807, 2.05) is 6.92 Å². The van der Waals surface area contributed by atoms with Crippen molar-refractivity contribution in [3.63, 3.8) is 0 Å². The normalized spacial score (nSPS) is 12.3. The third-order valence-electron chi connectivity index (χ3n) is 3.92. The summed E-state index contributed by atoms with van der Waals surface area (Å²) < 4.78 is 0. The lowest BCUT2D eigenvalue weighted by atomic mass is 10.1. The molecular weight excluding hydrogens is 262 g/mol. The second kappa shape index (κ2) is 8.82. The molecule has 0 bridgehead atoms. The maximum absolute atomic E-state index is 5.63. The molecule has 0 aliphatic heterocycles. The number of hydrogen-bond donors (Lipinski definition) is 2. The van der Waals surface area contributed by atoms with Gasteiger partial charge in [-0.2, -0.15) is 0 Å². The van der Waals surface area contributed by atoms with E-state index in [-0.39, 0.29) is 0 Å². The molecule has 1 aromatic heterocycles. The van der Waals surface area contributed by atoms with Gasteiger partial charge in [0.25, 0.3) is 0 Å². The van der Waals surface area contributed by atoms with E-state index >= 15 is 0 Å². The summed E-state index contributed by atoms with van der Waals surface area (Å²) in [6, 6.07) is 0.463. The predicted octanol–water partition coefficient (Wildman–Crippen LogP) is 3.43. The van der Waals surface area contributed by atoms with Gasteiger partial charge in [0, 0.05) is 24.6 Å². The van der Waals surface area contributed by atoms with Crippen molar-refractivity contribution in [3.8, 4) is 0 Å². The second-order valence-corrected chi connectivity index (χ2v) is 5.64. The van der Waals surface area contributed by atoms with Crippen LogP contribution in [0.3, 0.4) is 0 Å². The number of hydrazine groups is 1. The largest absolute Gasteiger partial charge is 0.354 e. The van der Waals surface area contributed by atoms with Crippen LogP contribution in [0.2, 0.25) is 0 Å². The minimum Gasteiger partial charge on any atom is -0.354 e. The summed E-state index contributed by atoms with van der Waals surface area (Å²) in [5, 5.41) is 0. The zero-order valence-electron chi connectivity index (χ0n) is 14.2. The highest BCUT2D eigenvalue weighted by molar-refractivity contribution is 5.58. The molecule has 1 aromatic rings. The number of aryl methyl sites for hydroxylation is 1. The predicted molar refractivity (Wildman–Crippen MR) is 90.6 cm³/mol. The van der Waals surface area contributed by atoms with Gasteiger partial charge in [-0.15, -0.1) is 0 Å². The van der Waals surface area contributed by atoms with E-state index in [9.17, 15) is 0 Å². The van der Waals surface area contributed by atoms with Crippen LogP contribution in [0.15, 0.2) is 0 Å². The molecule has 0 aromatic carbocycles. The highest BCUT2D eigenvalue weighted by Gasteiger charge is 2.19. The van der Waals surface area contributed by atoms with E-state index in [4.69, 9.17) is 10.8 Å². The molecule has 0 radical (unpaired) electrons. The Morgan fingerprint density at radius 2 is 1.90 bits per heavy atom. The maximum Gasteiger partial charge on any atom is 0.148 e. The number of nitrogen functional groups attached to an aromatic ring is 1. The Balaban J connectivity index is 3.23. The first-order chi connectivity index (χ1) is 10.1. The number of hydrogen-bond acceptors (Lipinski definition) is 5. The Hall–Kier alpha value is -1.36. The van der Waals surface area contributed by atoms with Crippen LogP contribution >= 0.6 is 0 Å². The van der Waals surface area contributed by atoms with Crippen LogP contribution in [0.1, 0.15) is 64.8 Å². The monoisotopic (exact) mass is 293 g/mol. The summed E-state index contributed by atoms with van der Waals surface area (Å²) in [4.78, 5) is 11.7. The molecule has 1 atom stereocenters. The molecule has 0 spiro atoms. The van der Waals surface area contributed by atoms with Gasteiger partial charge >= 0.3 is 0 Å². The average Bonchev–Trinajstić information content (AvgIpc) is 2.49. The van der Waals surface area contributed by atoms with Gasteiger partial charge in [0.2, 0.25) is 0 Å².